The van der Waals surface area contributed by atoms with Gasteiger partial charge in [-0.05, 0) is 18.8 Å². The minimum Gasteiger partial charge on any atom is -0.481 e. The van der Waals surface area contributed by atoms with Gasteiger partial charge in [0.05, 0.1) is 12.0 Å². The largest absolute Gasteiger partial charge is 0.481 e. The van der Waals surface area contributed by atoms with Gasteiger partial charge in [0.15, 0.2) is 0 Å². The summed E-state index contributed by atoms with van der Waals surface area (Å²) in [5, 5.41) is 8.66. The lowest BCUT2D eigenvalue weighted by Crippen LogP contribution is -2.26. The van der Waals surface area contributed by atoms with Crippen LogP contribution in [0.15, 0.2) is 0 Å². The van der Waals surface area contributed by atoms with E-state index in [1.165, 1.54) is 0 Å². The van der Waals surface area contributed by atoms with Crippen molar-refractivity contribution in [1.29, 1.82) is 0 Å². The number of hydrogen-bond donors (Lipinski definition) is 1. The molecule has 0 spiro atoms. The number of ether oxygens (including phenoxy) is 1. The van der Waals surface area contributed by atoms with Crippen LogP contribution in [-0.2, 0) is 9.53 Å². The standard InChI is InChI=1S/C7H10O3/c8-7(9)5-1-4-2-6(5)10-3-4/h4-6H,1-3H2,(H,8,9). The van der Waals surface area contributed by atoms with E-state index in [0.29, 0.717) is 5.92 Å². The van der Waals surface area contributed by atoms with Crippen LogP contribution < -0.4 is 0 Å². The number of carboxylic acid groups (broad SMARTS) is 1. The second-order valence-corrected chi connectivity index (χ2v) is 3.15. The summed E-state index contributed by atoms with van der Waals surface area (Å²) < 4.78 is 5.24. The normalized spacial score (nSPS) is 44.2. The highest BCUT2D eigenvalue weighted by molar-refractivity contribution is 5.71. The molecule has 56 valence electrons. The minimum absolute atomic E-state index is 0.0301. The summed E-state index contributed by atoms with van der Waals surface area (Å²) in [6, 6.07) is 0. The molecule has 3 heteroatoms. The van der Waals surface area contributed by atoms with Crippen LogP contribution in [0.3, 0.4) is 0 Å². The first-order chi connectivity index (χ1) is 4.77. The van der Waals surface area contributed by atoms with E-state index in [1.807, 2.05) is 0 Å². The Morgan fingerprint density at radius 1 is 1.50 bits per heavy atom. The van der Waals surface area contributed by atoms with Gasteiger partial charge in [0.1, 0.15) is 0 Å². The second-order valence-electron chi connectivity index (χ2n) is 3.15. The molecule has 3 atom stereocenters. The van der Waals surface area contributed by atoms with Crippen molar-refractivity contribution in [2.45, 2.75) is 18.9 Å². The molecule has 2 fully saturated rings. The second kappa shape index (κ2) is 1.95. The van der Waals surface area contributed by atoms with Gasteiger partial charge in [-0.15, -0.1) is 0 Å². The molecular formula is C7H10O3. The lowest BCUT2D eigenvalue weighted by molar-refractivity contribution is -0.147. The van der Waals surface area contributed by atoms with Crippen molar-refractivity contribution in [3.63, 3.8) is 0 Å². The molecule has 1 aliphatic heterocycles. The monoisotopic (exact) mass is 142 g/mol. The van der Waals surface area contributed by atoms with Crippen molar-refractivity contribution in [3.05, 3.63) is 0 Å². The Hall–Kier alpha value is -0.570. The molecule has 2 bridgehead atoms. The Morgan fingerprint density at radius 2 is 2.30 bits per heavy atom. The molecule has 2 aliphatic rings. The molecule has 0 aromatic heterocycles. The van der Waals surface area contributed by atoms with Crippen LogP contribution in [0.1, 0.15) is 12.8 Å². The van der Waals surface area contributed by atoms with Crippen molar-refractivity contribution >= 4 is 5.97 Å². The number of rotatable bonds is 1. The summed E-state index contributed by atoms with van der Waals surface area (Å²) in [4.78, 5) is 10.5. The highest BCUT2D eigenvalue weighted by Crippen LogP contribution is 2.39. The molecule has 3 nitrogen and oxygen atoms in total. The Kier molecular flexibility index (Phi) is 1.20. The van der Waals surface area contributed by atoms with E-state index in [4.69, 9.17) is 9.84 Å². The fraction of sp³-hybridized carbons (Fsp3) is 0.857. The zero-order valence-corrected chi connectivity index (χ0v) is 5.62. The highest BCUT2D eigenvalue weighted by Gasteiger charge is 2.44. The number of fused-ring (bicyclic) bond motifs is 2. The van der Waals surface area contributed by atoms with Crippen molar-refractivity contribution in [3.8, 4) is 0 Å². The molecule has 1 heterocycles. The average Bonchev–Trinajstić information content (AvgIpc) is 2.44. The summed E-state index contributed by atoms with van der Waals surface area (Å²) >= 11 is 0. The Labute approximate surface area is 59.0 Å². The SMILES string of the molecule is O=C(O)C1CC2COC1C2. The molecule has 1 saturated carbocycles. The lowest BCUT2D eigenvalue weighted by atomic mass is 10.0. The number of carboxylic acids is 1. The van der Waals surface area contributed by atoms with Crippen LogP contribution in [0, 0.1) is 11.8 Å². The molecule has 0 amide bonds. The van der Waals surface area contributed by atoms with E-state index < -0.39 is 5.97 Å². The van der Waals surface area contributed by atoms with Gasteiger partial charge in [0, 0.05) is 6.61 Å². The van der Waals surface area contributed by atoms with Crippen molar-refractivity contribution < 1.29 is 14.6 Å². The zero-order chi connectivity index (χ0) is 7.14. The average molecular weight is 142 g/mol. The third-order valence-corrected chi connectivity index (χ3v) is 2.46. The topological polar surface area (TPSA) is 46.5 Å². The summed E-state index contributed by atoms with van der Waals surface area (Å²) in [6.45, 7) is 0.786. The third kappa shape index (κ3) is 0.736. The van der Waals surface area contributed by atoms with Gasteiger partial charge in [-0.2, -0.15) is 0 Å². The summed E-state index contributed by atoms with van der Waals surface area (Å²) in [5.41, 5.74) is 0. The first kappa shape index (κ1) is 6.16. The Bertz CT molecular complexity index is 166. The molecule has 2 rings (SSSR count). The zero-order valence-electron chi connectivity index (χ0n) is 5.62. The molecule has 1 aliphatic carbocycles. The Balaban J connectivity index is 2.08. The van der Waals surface area contributed by atoms with E-state index in [-0.39, 0.29) is 12.0 Å². The molecule has 3 unspecified atom stereocenters. The summed E-state index contributed by atoms with van der Waals surface area (Å²) in [6.07, 6.45) is 1.83. The van der Waals surface area contributed by atoms with Crippen LogP contribution in [0.4, 0.5) is 0 Å². The molecule has 10 heavy (non-hydrogen) atoms. The highest BCUT2D eigenvalue weighted by atomic mass is 16.5. The van der Waals surface area contributed by atoms with Crippen LogP contribution in [0.2, 0.25) is 0 Å². The van der Waals surface area contributed by atoms with Gasteiger partial charge < -0.3 is 9.84 Å². The maximum Gasteiger partial charge on any atom is 0.309 e. The van der Waals surface area contributed by atoms with Crippen molar-refractivity contribution in [2.75, 3.05) is 6.61 Å². The van der Waals surface area contributed by atoms with Gasteiger partial charge in [-0.25, -0.2) is 0 Å². The maximum atomic E-state index is 10.5. The Morgan fingerprint density at radius 3 is 2.60 bits per heavy atom. The van der Waals surface area contributed by atoms with Gasteiger partial charge >= 0.3 is 5.97 Å². The van der Waals surface area contributed by atoms with Crippen molar-refractivity contribution in [1.82, 2.24) is 0 Å². The fourth-order valence-corrected chi connectivity index (χ4v) is 1.94. The quantitative estimate of drug-likeness (QED) is 0.579. The summed E-state index contributed by atoms with van der Waals surface area (Å²) in [7, 11) is 0. The molecule has 0 aromatic rings. The molecule has 0 radical (unpaired) electrons. The minimum atomic E-state index is -0.688. The van der Waals surface area contributed by atoms with Crippen LogP contribution in [-0.4, -0.2) is 23.8 Å². The summed E-state index contributed by atoms with van der Waals surface area (Å²) in [5.74, 6) is -0.364. The molecular weight excluding hydrogens is 132 g/mol. The van der Waals surface area contributed by atoms with E-state index >= 15 is 0 Å². The van der Waals surface area contributed by atoms with E-state index in [1.54, 1.807) is 0 Å². The fourth-order valence-electron chi connectivity index (χ4n) is 1.94. The number of aliphatic carboxylic acids is 1. The van der Waals surface area contributed by atoms with E-state index in [9.17, 15) is 4.79 Å². The van der Waals surface area contributed by atoms with Crippen LogP contribution in [0.25, 0.3) is 0 Å². The molecule has 0 aromatic carbocycles. The van der Waals surface area contributed by atoms with Crippen molar-refractivity contribution in [2.24, 2.45) is 11.8 Å². The van der Waals surface area contributed by atoms with Gasteiger partial charge in [-0.3, -0.25) is 4.79 Å². The third-order valence-electron chi connectivity index (χ3n) is 2.46. The molecule has 1 saturated heterocycles. The van der Waals surface area contributed by atoms with Crippen LogP contribution in [0.5, 0.6) is 0 Å². The van der Waals surface area contributed by atoms with Gasteiger partial charge in [0.25, 0.3) is 0 Å². The predicted octanol–water partition coefficient (Wildman–Crippen LogP) is 0.496. The maximum absolute atomic E-state index is 10.5. The predicted molar refractivity (Wildman–Crippen MR) is 33.6 cm³/mol. The van der Waals surface area contributed by atoms with E-state index in [2.05, 4.69) is 0 Å². The first-order valence-electron chi connectivity index (χ1n) is 3.62. The van der Waals surface area contributed by atoms with Gasteiger partial charge in [0.2, 0.25) is 0 Å². The number of carbonyl (C=O) groups is 1. The smallest absolute Gasteiger partial charge is 0.309 e. The first-order valence-corrected chi connectivity index (χ1v) is 3.62. The molecule has 1 N–H and O–H groups in total. The van der Waals surface area contributed by atoms with E-state index in [0.717, 1.165) is 19.4 Å². The lowest BCUT2D eigenvalue weighted by Gasteiger charge is -2.17. The number of hydrogen-bond acceptors (Lipinski definition) is 2. The van der Waals surface area contributed by atoms with Gasteiger partial charge in [-0.1, -0.05) is 0 Å². The van der Waals surface area contributed by atoms with Crippen LogP contribution >= 0.6 is 0 Å².